The van der Waals surface area contributed by atoms with Gasteiger partial charge >= 0.3 is 0 Å². The summed E-state index contributed by atoms with van der Waals surface area (Å²) in [4.78, 5) is 0. The van der Waals surface area contributed by atoms with E-state index in [1.54, 1.807) is 0 Å². The van der Waals surface area contributed by atoms with Gasteiger partial charge in [0.2, 0.25) is 0 Å². The molecule has 0 radical (unpaired) electrons. The third kappa shape index (κ3) is 4.50. The summed E-state index contributed by atoms with van der Waals surface area (Å²) >= 11 is 0. The summed E-state index contributed by atoms with van der Waals surface area (Å²) in [7, 11) is 0. The van der Waals surface area contributed by atoms with Gasteiger partial charge in [-0.25, -0.2) is 0 Å². The van der Waals surface area contributed by atoms with E-state index in [9.17, 15) is 0 Å². The number of rotatable bonds is 8. The van der Waals surface area contributed by atoms with E-state index >= 15 is 0 Å². The fourth-order valence-electron chi connectivity index (χ4n) is 2.63. The first-order valence-corrected chi connectivity index (χ1v) is 7.29. The maximum absolute atomic E-state index is 5.68. The van der Waals surface area contributed by atoms with Crippen molar-refractivity contribution in [1.82, 2.24) is 0 Å². The summed E-state index contributed by atoms with van der Waals surface area (Å²) in [6.07, 6.45) is 5.97. The summed E-state index contributed by atoms with van der Waals surface area (Å²) in [6.45, 7) is 5.23. The molecule has 104 valence electrons. The van der Waals surface area contributed by atoms with Crippen LogP contribution in [-0.4, -0.2) is 51.8 Å². The Hall–Kier alpha value is -0.160. The molecule has 0 spiro atoms. The van der Waals surface area contributed by atoms with Crippen LogP contribution in [0.4, 0.5) is 0 Å². The Bertz CT molecular complexity index is 216. The molecular weight excluding hydrogens is 232 g/mol. The molecule has 4 heteroatoms. The zero-order chi connectivity index (χ0) is 12.2. The minimum Gasteiger partial charge on any atom is -0.378 e. The van der Waals surface area contributed by atoms with Crippen LogP contribution in [0.15, 0.2) is 0 Å². The topological polar surface area (TPSA) is 43.5 Å². The molecule has 3 aliphatic rings. The van der Waals surface area contributed by atoms with Crippen molar-refractivity contribution >= 4 is 0 Å². The molecule has 0 bridgehead atoms. The fraction of sp³-hybridized carbons (Fsp3) is 1.00. The van der Waals surface area contributed by atoms with Crippen LogP contribution in [0.1, 0.15) is 25.7 Å². The van der Waals surface area contributed by atoms with E-state index in [1.165, 1.54) is 25.7 Å². The molecule has 2 atom stereocenters. The Labute approximate surface area is 109 Å². The second kappa shape index (κ2) is 6.33. The number of epoxide rings is 2. The lowest BCUT2D eigenvalue weighted by molar-refractivity contribution is 0.0415. The van der Waals surface area contributed by atoms with Crippen molar-refractivity contribution in [3.8, 4) is 0 Å². The van der Waals surface area contributed by atoms with Crippen molar-refractivity contribution in [3.63, 3.8) is 0 Å². The molecule has 2 aliphatic heterocycles. The molecule has 0 aromatic carbocycles. The standard InChI is InChI=1S/C14H24O4/c1-2-12(6-16-8-14-10-18-14)4-3-11(1)5-15-7-13-9-17-13/h11-14H,1-10H2/t11?,12?,13-,14-/m0/s1. The van der Waals surface area contributed by atoms with E-state index in [2.05, 4.69) is 0 Å². The minimum atomic E-state index is 0.402. The van der Waals surface area contributed by atoms with Gasteiger partial charge in [0, 0.05) is 13.2 Å². The Kier molecular flexibility index (Phi) is 4.52. The zero-order valence-corrected chi connectivity index (χ0v) is 11.0. The van der Waals surface area contributed by atoms with Crippen molar-refractivity contribution in [2.45, 2.75) is 37.9 Å². The first-order valence-electron chi connectivity index (χ1n) is 7.29. The van der Waals surface area contributed by atoms with E-state index in [0.29, 0.717) is 12.2 Å². The first-order chi connectivity index (χ1) is 8.90. The highest BCUT2D eigenvalue weighted by molar-refractivity contribution is 4.74. The largest absolute Gasteiger partial charge is 0.378 e. The van der Waals surface area contributed by atoms with E-state index < -0.39 is 0 Å². The summed E-state index contributed by atoms with van der Waals surface area (Å²) in [5.74, 6) is 1.51. The lowest BCUT2D eigenvalue weighted by atomic mass is 9.83. The van der Waals surface area contributed by atoms with Crippen LogP contribution in [0.25, 0.3) is 0 Å². The van der Waals surface area contributed by atoms with E-state index in [0.717, 1.165) is 51.5 Å². The second-order valence-electron chi connectivity index (χ2n) is 5.87. The molecule has 3 rings (SSSR count). The lowest BCUT2D eigenvalue weighted by Crippen LogP contribution is -2.23. The van der Waals surface area contributed by atoms with Crippen molar-refractivity contribution in [2.75, 3.05) is 39.6 Å². The maximum atomic E-state index is 5.68. The number of ether oxygens (including phenoxy) is 4. The lowest BCUT2D eigenvalue weighted by Gasteiger charge is -2.28. The van der Waals surface area contributed by atoms with Crippen LogP contribution in [-0.2, 0) is 18.9 Å². The van der Waals surface area contributed by atoms with E-state index in [-0.39, 0.29) is 0 Å². The molecule has 1 saturated carbocycles. The van der Waals surface area contributed by atoms with Crippen molar-refractivity contribution in [1.29, 1.82) is 0 Å². The first kappa shape index (κ1) is 12.9. The monoisotopic (exact) mass is 256 g/mol. The van der Waals surface area contributed by atoms with E-state index in [1.807, 2.05) is 0 Å². The average Bonchev–Trinajstić information content (AvgIpc) is 3.25. The van der Waals surface area contributed by atoms with Gasteiger partial charge in [0.25, 0.3) is 0 Å². The molecule has 0 unspecified atom stereocenters. The van der Waals surface area contributed by atoms with Gasteiger partial charge in [0.15, 0.2) is 0 Å². The van der Waals surface area contributed by atoms with Crippen LogP contribution >= 0.6 is 0 Å². The van der Waals surface area contributed by atoms with Crippen LogP contribution in [0.5, 0.6) is 0 Å². The molecule has 4 nitrogen and oxygen atoms in total. The Morgan fingerprint density at radius 1 is 0.667 bits per heavy atom. The van der Waals surface area contributed by atoms with Crippen LogP contribution in [0.3, 0.4) is 0 Å². The molecule has 0 N–H and O–H groups in total. The molecule has 1 aliphatic carbocycles. The van der Waals surface area contributed by atoms with Gasteiger partial charge in [-0.1, -0.05) is 0 Å². The highest BCUT2D eigenvalue weighted by Gasteiger charge is 2.26. The fourth-order valence-corrected chi connectivity index (χ4v) is 2.63. The normalized spacial score (nSPS) is 38.7. The van der Waals surface area contributed by atoms with Gasteiger partial charge < -0.3 is 18.9 Å². The zero-order valence-electron chi connectivity index (χ0n) is 11.0. The number of hydrogen-bond donors (Lipinski definition) is 0. The molecule has 18 heavy (non-hydrogen) atoms. The van der Waals surface area contributed by atoms with Crippen molar-refractivity contribution in [3.05, 3.63) is 0 Å². The summed E-state index contributed by atoms with van der Waals surface area (Å²) in [5, 5.41) is 0. The van der Waals surface area contributed by atoms with Crippen LogP contribution in [0, 0.1) is 11.8 Å². The van der Waals surface area contributed by atoms with Crippen LogP contribution < -0.4 is 0 Å². The summed E-state index contributed by atoms with van der Waals surface area (Å²) in [6, 6.07) is 0. The summed E-state index contributed by atoms with van der Waals surface area (Å²) < 4.78 is 21.6. The predicted molar refractivity (Wildman–Crippen MR) is 66.6 cm³/mol. The van der Waals surface area contributed by atoms with Gasteiger partial charge in [-0.05, 0) is 37.5 Å². The third-order valence-electron chi connectivity index (χ3n) is 4.09. The second-order valence-corrected chi connectivity index (χ2v) is 5.87. The predicted octanol–water partition coefficient (Wildman–Crippen LogP) is 1.62. The van der Waals surface area contributed by atoms with Crippen molar-refractivity contribution < 1.29 is 18.9 Å². The van der Waals surface area contributed by atoms with Gasteiger partial charge in [0.1, 0.15) is 12.2 Å². The molecule has 0 aromatic heterocycles. The molecule has 2 saturated heterocycles. The highest BCUT2D eigenvalue weighted by Crippen LogP contribution is 2.29. The maximum Gasteiger partial charge on any atom is 0.104 e. The van der Waals surface area contributed by atoms with Crippen LogP contribution in [0.2, 0.25) is 0 Å². The van der Waals surface area contributed by atoms with Gasteiger partial charge in [-0.2, -0.15) is 0 Å². The Morgan fingerprint density at radius 2 is 1.06 bits per heavy atom. The summed E-state index contributed by atoms with van der Waals surface area (Å²) in [5.41, 5.74) is 0. The molecule has 0 aromatic rings. The quantitative estimate of drug-likeness (QED) is 0.619. The van der Waals surface area contributed by atoms with Gasteiger partial charge in [-0.15, -0.1) is 0 Å². The Balaban J connectivity index is 1.21. The van der Waals surface area contributed by atoms with Gasteiger partial charge in [-0.3, -0.25) is 0 Å². The molecular formula is C14H24O4. The number of hydrogen-bond acceptors (Lipinski definition) is 4. The van der Waals surface area contributed by atoms with Gasteiger partial charge in [0.05, 0.1) is 26.4 Å². The van der Waals surface area contributed by atoms with Crippen molar-refractivity contribution in [2.24, 2.45) is 11.8 Å². The SMILES string of the molecule is C1CC(COC[C@H]2CO2)CCC1COC[C@H]1CO1. The molecule has 3 fully saturated rings. The average molecular weight is 256 g/mol. The minimum absolute atomic E-state index is 0.402. The van der Waals surface area contributed by atoms with E-state index in [4.69, 9.17) is 18.9 Å². The third-order valence-corrected chi connectivity index (χ3v) is 4.09. The molecule has 0 amide bonds. The smallest absolute Gasteiger partial charge is 0.104 e. The Morgan fingerprint density at radius 3 is 1.39 bits per heavy atom. The molecule has 2 heterocycles. The highest BCUT2D eigenvalue weighted by atomic mass is 16.6.